The first kappa shape index (κ1) is 12.9. The molecule has 2 rings (SSSR count). The minimum absolute atomic E-state index is 0.330. The third-order valence-corrected chi connectivity index (χ3v) is 2.67. The molecule has 0 aromatic heterocycles. The Bertz CT molecular complexity index is 601. The average molecular weight is 250 g/mol. The van der Waals surface area contributed by atoms with Crippen molar-refractivity contribution in [2.45, 2.75) is 6.42 Å². The maximum atomic E-state index is 11.3. The number of benzene rings is 2. The lowest BCUT2D eigenvalue weighted by Crippen LogP contribution is -2.00. The quantitative estimate of drug-likeness (QED) is 0.605. The molecule has 0 bridgehead atoms. The van der Waals surface area contributed by atoms with Crippen LogP contribution in [0.3, 0.4) is 0 Å². The Morgan fingerprint density at radius 1 is 1.05 bits per heavy atom. The highest BCUT2D eigenvalue weighted by Crippen LogP contribution is 2.05. The van der Waals surface area contributed by atoms with Gasteiger partial charge >= 0.3 is 5.97 Å². The molecule has 2 heteroatoms. The minimum Gasteiger partial charge on any atom is -0.465 e. The molecule has 94 valence electrons. The number of carbonyl (C=O) groups excluding carboxylic acids is 1. The van der Waals surface area contributed by atoms with E-state index in [1.54, 1.807) is 12.1 Å². The summed E-state index contributed by atoms with van der Waals surface area (Å²) >= 11 is 0. The zero-order valence-corrected chi connectivity index (χ0v) is 10.7. The van der Waals surface area contributed by atoms with E-state index in [-0.39, 0.29) is 5.97 Å². The van der Waals surface area contributed by atoms with Crippen LogP contribution in [0, 0.1) is 11.8 Å². The first-order chi connectivity index (χ1) is 9.29. The zero-order chi connectivity index (χ0) is 13.5. The van der Waals surface area contributed by atoms with Gasteiger partial charge in [0.2, 0.25) is 0 Å². The van der Waals surface area contributed by atoms with Gasteiger partial charge in [0, 0.05) is 12.0 Å². The predicted octanol–water partition coefficient (Wildman–Crippen LogP) is 3.07. The predicted molar refractivity (Wildman–Crippen MR) is 74.8 cm³/mol. The van der Waals surface area contributed by atoms with Crippen LogP contribution in [-0.4, -0.2) is 13.1 Å². The number of rotatable bonds is 2. The summed E-state index contributed by atoms with van der Waals surface area (Å²) in [5.74, 6) is 5.86. The van der Waals surface area contributed by atoms with E-state index in [4.69, 9.17) is 0 Å². The molecule has 0 aliphatic rings. The number of esters is 1. The SMILES string of the molecule is COC(=O)c1ccc(C#CCc2ccccc2)cc1. The zero-order valence-electron chi connectivity index (χ0n) is 10.7. The molecule has 2 aromatic rings. The number of ether oxygens (including phenoxy) is 1. The van der Waals surface area contributed by atoms with Gasteiger partial charge in [-0.25, -0.2) is 4.79 Å². The largest absolute Gasteiger partial charge is 0.465 e. The Hall–Kier alpha value is -2.53. The first-order valence-corrected chi connectivity index (χ1v) is 6.01. The van der Waals surface area contributed by atoms with Crippen LogP contribution in [0.5, 0.6) is 0 Å². The smallest absolute Gasteiger partial charge is 0.337 e. The molecule has 0 aliphatic carbocycles. The lowest BCUT2D eigenvalue weighted by molar-refractivity contribution is 0.0601. The number of carbonyl (C=O) groups is 1. The Morgan fingerprint density at radius 3 is 2.37 bits per heavy atom. The van der Waals surface area contributed by atoms with E-state index < -0.39 is 0 Å². The molecule has 0 saturated heterocycles. The summed E-state index contributed by atoms with van der Waals surface area (Å²) in [5.41, 5.74) is 2.63. The van der Waals surface area contributed by atoms with Crippen LogP contribution in [0.15, 0.2) is 54.6 Å². The van der Waals surface area contributed by atoms with Crippen LogP contribution >= 0.6 is 0 Å². The van der Waals surface area contributed by atoms with Gasteiger partial charge < -0.3 is 4.74 Å². The topological polar surface area (TPSA) is 26.3 Å². The molecular weight excluding hydrogens is 236 g/mol. The minimum atomic E-state index is -0.330. The van der Waals surface area contributed by atoms with Crippen molar-refractivity contribution in [3.63, 3.8) is 0 Å². The van der Waals surface area contributed by atoms with Gasteiger partial charge in [-0.1, -0.05) is 42.2 Å². The van der Waals surface area contributed by atoms with Crippen molar-refractivity contribution in [2.24, 2.45) is 0 Å². The van der Waals surface area contributed by atoms with Crippen molar-refractivity contribution >= 4 is 5.97 Å². The van der Waals surface area contributed by atoms with Crippen molar-refractivity contribution in [1.29, 1.82) is 0 Å². The van der Waals surface area contributed by atoms with Gasteiger partial charge in [-0.05, 0) is 29.8 Å². The van der Waals surface area contributed by atoms with Gasteiger partial charge in [0.15, 0.2) is 0 Å². The summed E-state index contributed by atoms with van der Waals surface area (Å²) < 4.78 is 4.64. The third-order valence-electron chi connectivity index (χ3n) is 2.67. The summed E-state index contributed by atoms with van der Waals surface area (Å²) in [6.45, 7) is 0. The molecule has 0 aliphatic heterocycles. The molecule has 0 amide bonds. The van der Waals surface area contributed by atoms with Crippen LogP contribution in [0.1, 0.15) is 21.5 Å². The van der Waals surface area contributed by atoms with Crippen LogP contribution in [0.2, 0.25) is 0 Å². The van der Waals surface area contributed by atoms with E-state index in [9.17, 15) is 4.79 Å². The Morgan fingerprint density at radius 2 is 1.74 bits per heavy atom. The summed E-state index contributed by atoms with van der Waals surface area (Å²) in [7, 11) is 1.37. The molecule has 2 aromatic carbocycles. The fourth-order valence-electron chi connectivity index (χ4n) is 1.65. The maximum Gasteiger partial charge on any atom is 0.337 e. The highest BCUT2D eigenvalue weighted by molar-refractivity contribution is 5.89. The lowest BCUT2D eigenvalue weighted by atomic mass is 10.1. The second-order valence-electron chi connectivity index (χ2n) is 4.03. The van der Waals surface area contributed by atoms with Gasteiger partial charge in [-0.2, -0.15) is 0 Å². The van der Waals surface area contributed by atoms with Crippen LogP contribution in [-0.2, 0) is 11.2 Å². The molecule has 0 fully saturated rings. The standard InChI is InChI=1S/C17H14O2/c1-19-17(18)16-12-10-15(11-13-16)9-5-8-14-6-3-2-4-7-14/h2-4,6-7,10-13H,8H2,1H3. The summed E-state index contributed by atoms with van der Waals surface area (Å²) in [6.07, 6.45) is 0.722. The van der Waals surface area contributed by atoms with Crippen molar-refractivity contribution in [2.75, 3.05) is 7.11 Å². The summed E-state index contributed by atoms with van der Waals surface area (Å²) in [6, 6.07) is 17.2. The van der Waals surface area contributed by atoms with E-state index in [0.717, 1.165) is 12.0 Å². The Kier molecular flexibility index (Phi) is 4.36. The van der Waals surface area contributed by atoms with E-state index in [1.807, 2.05) is 30.3 Å². The van der Waals surface area contributed by atoms with Crippen LogP contribution < -0.4 is 0 Å². The first-order valence-electron chi connectivity index (χ1n) is 6.01. The molecule has 19 heavy (non-hydrogen) atoms. The Labute approximate surface area is 113 Å². The lowest BCUT2D eigenvalue weighted by Gasteiger charge is -1.98. The van der Waals surface area contributed by atoms with Gasteiger partial charge in [-0.3, -0.25) is 0 Å². The molecule has 2 nitrogen and oxygen atoms in total. The molecule has 0 unspecified atom stereocenters. The molecule has 0 radical (unpaired) electrons. The van der Waals surface area contributed by atoms with Gasteiger partial charge in [0.1, 0.15) is 0 Å². The van der Waals surface area contributed by atoms with Gasteiger partial charge in [0.05, 0.1) is 12.7 Å². The van der Waals surface area contributed by atoms with Crippen molar-refractivity contribution < 1.29 is 9.53 Å². The summed E-state index contributed by atoms with van der Waals surface area (Å²) in [5, 5.41) is 0. The van der Waals surface area contributed by atoms with Crippen molar-refractivity contribution in [3.8, 4) is 11.8 Å². The number of hydrogen-bond donors (Lipinski definition) is 0. The maximum absolute atomic E-state index is 11.3. The van der Waals surface area contributed by atoms with Crippen LogP contribution in [0.4, 0.5) is 0 Å². The second kappa shape index (κ2) is 6.42. The third kappa shape index (κ3) is 3.72. The highest BCUT2D eigenvalue weighted by atomic mass is 16.5. The molecule has 0 atom stereocenters. The molecule has 0 N–H and O–H groups in total. The Balaban J connectivity index is 2.02. The molecular formula is C17H14O2. The monoisotopic (exact) mass is 250 g/mol. The molecule has 0 heterocycles. The molecule has 0 saturated carbocycles. The molecule has 0 spiro atoms. The normalized spacial score (nSPS) is 9.32. The van der Waals surface area contributed by atoms with E-state index in [2.05, 4.69) is 28.7 Å². The van der Waals surface area contributed by atoms with E-state index in [0.29, 0.717) is 5.56 Å². The van der Waals surface area contributed by atoms with Crippen molar-refractivity contribution in [1.82, 2.24) is 0 Å². The van der Waals surface area contributed by atoms with Crippen molar-refractivity contribution in [3.05, 3.63) is 71.3 Å². The number of methoxy groups -OCH3 is 1. The number of hydrogen-bond acceptors (Lipinski definition) is 2. The van der Waals surface area contributed by atoms with Gasteiger partial charge in [-0.15, -0.1) is 0 Å². The van der Waals surface area contributed by atoms with Crippen LogP contribution in [0.25, 0.3) is 0 Å². The summed E-state index contributed by atoms with van der Waals surface area (Å²) in [4.78, 5) is 11.3. The highest BCUT2D eigenvalue weighted by Gasteiger charge is 2.02. The average Bonchev–Trinajstić information content (AvgIpc) is 2.48. The van der Waals surface area contributed by atoms with E-state index >= 15 is 0 Å². The van der Waals surface area contributed by atoms with Gasteiger partial charge in [0.25, 0.3) is 0 Å². The second-order valence-corrected chi connectivity index (χ2v) is 4.03. The fourth-order valence-corrected chi connectivity index (χ4v) is 1.65. The van der Waals surface area contributed by atoms with E-state index in [1.165, 1.54) is 12.7 Å². The fraction of sp³-hybridized carbons (Fsp3) is 0.118.